The Balaban J connectivity index is 4.69. The van der Waals surface area contributed by atoms with Crippen molar-refractivity contribution >= 4 is 11.8 Å². The molecule has 1 atom stereocenters. The molecule has 0 spiro atoms. The van der Waals surface area contributed by atoms with E-state index in [-0.39, 0.29) is 12.2 Å². The number of esters is 1. The predicted molar refractivity (Wildman–Crippen MR) is 71.5 cm³/mol. The first-order valence-electron chi connectivity index (χ1n) is 6.61. The summed E-state index contributed by atoms with van der Waals surface area (Å²) in [6.45, 7) is 8.90. The van der Waals surface area contributed by atoms with Gasteiger partial charge in [0.05, 0.1) is 12.7 Å². The highest BCUT2D eigenvalue weighted by Gasteiger charge is 2.40. The lowest BCUT2D eigenvalue weighted by Gasteiger charge is -2.28. The van der Waals surface area contributed by atoms with Gasteiger partial charge < -0.3 is 4.74 Å². The van der Waals surface area contributed by atoms with Gasteiger partial charge in [-0.25, -0.2) is 14.6 Å². The van der Waals surface area contributed by atoms with Crippen LogP contribution < -0.4 is 0 Å². The first-order valence-corrected chi connectivity index (χ1v) is 6.61. The number of Topliss-reactive ketones (excluding diaryl/α,β-unsaturated/α-hetero) is 1. The van der Waals surface area contributed by atoms with Crippen molar-refractivity contribution in [2.75, 3.05) is 7.11 Å². The summed E-state index contributed by atoms with van der Waals surface area (Å²) in [7, 11) is 1.26. The highest BCUT2D eigenvalue weighted by molar-refractivity contribution is 5.88. The average molecular weight is 274 g/mol. The van der Waals surface area contributed by atoms with Crippen molar-refractivity contribution in [3.63, 3.8) is 0 Å². The molecule has 0 amide bonds. The first kappa shape index (κ1) is 18.1. The standard InChI is InChI=1S/C14H26O5/c1-7-8-9-11(15)10-14(5,12(16)17-6)19-18-13(2,3)4/h7-10H2,1-6H3. The monoisotopic (exact) mass is 274 g/mol. The lowest BCUT2D eigenvalue weighted by atomic mass is 9.97. The summed E-state index contributed by atoms with van der Waals surface area (Å²) in [4.78, 5) is 34.0. The van der Waals surface area contributed by atoms with E-state index in [2.05, 4.69) is 4.74 Å². The van der Waals surface area contributed by atoms with Crippen molar-refractivity contribution in [2.24, 2.45) is 0 Å². The number of ketones is 1. The van der Waals surface area contributed by atoms with Crippen LogP contribution in [0.25, 0.3) is 0 Å². The Bertz CT molecular complexity index is 305. The fourth-order valence-electron chi connectivity index (χ4n) is 1.41. The summed E-state index contributed by atoms with van der Waals surface area (Å²) in [5.41, 5.74) is -1.96. The van der Waals surface area contributed by atoms with Crippen molar-refractivity contribution in [3.8, 4) is 0 Å². The second-order valence-corrected chi connectivity index (χ2v) is 5.82. The quantitative estimate of drug-likeness (QED) is 0.387. The molecule has 0 aliphatic heterocycles. The van der Waals surface area contributed by atoms with Crippen molar-refractivity contribution < 1.29 is 24.1 Å². The Morgan fingerprint density at radius 3 is 2.05 bits per heavy atom. The summed E-state index contributed by atoms with van der Waals surface area (Å²) >= 11 is 0. The summed E-state index contributed by atoms with van der Waals surface area (Å²) in [5, 5.41) is 0. The molecule has 19 heavy (non-hydrogen) atoms. The third kappa shape index (κ3) is 7.28. The molecule has 0 rings (SSSR count). The molecule has 0 aliphatic carbocycles. The van der Waals surface area contributed by atoms with Gasteiger partial charge in [-0.15, -0.1) is 0 Å². The molecule has 0 aliphatic rings. The molecule has 0 aromatic carbocycles. The van der Waals surface area contributed by atoms with Gasteiger partial charge in [0.2, 0.25) is 5.60 Å². The van der Waals surface area contributed by atoms with E-state index >= 15 is 0 Å². The Kier molecular flexibility index (Phi) is 7.23. The van der Waals surface area contributed by atoms with Crippen LogP contribution in [-0.4, -0.2) is 30.1 Å². The number of hydrogen-bond acceptors (Lipinski definition) is 5. The number of unbranched alkanes of at least 4 members (excludes halogenated alkanes) is 1. The van der Waals surface area contributed by atoms with Crippen LogP contribution >= 0.6 is 0 Å². The van der Waals surface area contributed by atoms with Gasteiger partial charge in [0.15, 0.2) is 0 Å². The maximum absolute atomic E-state index is 11.8. The van der Waals surface area contributed by atoms with Gasteiger partial charge in [0, 0.05) is 12.8 Å². The SMILES string of the molecule is CCCCC(=O)CC(C)(OOC(C)(C)C)C(=O)OC. The maximum atomic E-state index is 11.8. The van der Waals surface area contributed by atoms with E-state index in [1.54, 1.807) is 20.8 Å². The molecule has 5 nitrogen and oxygen atoms in total. The number of methoxy groups -OCH3 is 1. The van der Waals surface area contributed by atoms with Crippen LogP contribution in [0.2, 0.25) is 0 Å². The minimum atomic E-state index is -1.40. The van der Waals surface area contributed by atoms with E-state index in [1.807, 2.05) is 6.92 Å². The zero-order chi connectivity index (χ0) is 15.1. The van der Waals surface area contributed by atoms with Gasteiger partial charge in [-0.1, -0.05) is 13.3 Å². The number of carbonyl (C=O) groups excluding carboxylic acids is 2. The second-order valence-electron chi connectivity index (χ2n) is 5.82. The van der Waals surface area contributed by atoms with Gasteiger partial charge in [-0.2, -0.15) is 0 Å². The zero-order valence-corrected chi connectivity index (χ0v) is 12.9. The lowest BCUT2D eigenvalue weighted by Crippen LogP contribution is -2.43. The highest BCUT2D eigenvalue weighted by atomic mass is 17.2. The topological polar surface area (TPSA) is 61.8 Å². The Morgan fingerprint density at radius 2 is 1.63 bits per heavy atom. The van der Waals surface area contributed by atoms with Gasteiger partial charge in [-0.3, -0.25) is 4.79 Å². The highest BCUT2D eigenvalue weighted by Crippen LogP contribution is 2.23. The smallest absolute Gasteiger partial charge is 0.341 e. The number of ether oxygens (including phenoxy) is 1. The zero-order valence-electron chi connectivity index (χ0n) is 12.9. The molecule has 0 heterocycles. The average Bonchev–Trinajstić information content (AvgIpc) is 2.32. The lowest BCUT2D eigenvalue weighted by molar-refractivity contribution is -0.392. The Morgan fingerprint density at radius 1 is 1.05 bits per heavy atom. The van der Waals surface area contributed by atoms with Crippen LogP contribution in [0, 0.1) is 0 Å². The third-order valence-electron chi connectivity index (χ3n) is 2.44. The van der Waals surface area contributed by atoms with Crippen molar-refractivity contribution in [1.82, 2.24) is 0 Å². The van der Waals surface area contributed by atoms with Crippen molar-refractivity contribution in [3.05, 3.63) is 0 Å². The Hall–Kier alpha value is -0.940. The minimum Gasteiger partial charge on any atom is -0.467 e. The van der Waals surface area contributed by atoms with E-state index in [4.69, 9.17) is 9.78 Å². The van der Waals surface area contributed by atoms with E-state index in [1.165, 1.54) is 14.0 Å². The molecular weight excluding hydrogens is 248 g/mol. The fraction of sp³-hybridized carbons (Fsp3) is 0.857. The van der Waals surface area contributed by atoms with E-state index < -0.39 is 17.2 Å². The largest absolute Gasteiger partial charge is 0.467 e. The van der Waals surface area contributed by atoms with Crippen LogP contribution in [0.4, 0.5) is 0 Å². The normalized spacial score (nSPS) is 14.8. The molecule has 0 N–H and O–H groups in total. The van der Waals surface area contributed by atoms with Gasteiger partial charge >= 0.3 is 5.97 Å². The number of rotatable bonds is 8. The summed E-state index contributed by atoms with van der Waals surface area (Å²) in [5.74, 6) is -0.645. The number of hydrogen-bond donors (Lipinski definition) is 0. The molecule has 0 saturated heterocycles. The molecule has 1 unspecified atom stereocenters. The molecular formula is C14H26O5. The van der Waals surface area contributed by atoms with Crippen LogP contribution in [0.5, 0.6) is 0 Å². The predicted octanol–water partition coefficient (Wildman–Crippen LogP) is 2.81. The molecule has 0 aromatic heterocycles. The summed E-state index contributed by atoms with van der Waals surface area (Å²) in [6.07, 6.45) is 2.12. The van der Waals surface area contributed by atoms with E-state index in [0.717, 1.165) is 12.8 Å². The number of carbonyl (C=O) groups is 2. The van der Waals surface area contributed by atoms with Gasteiger partial charge in [0.1, 0.15) is 5.78 Å². The summed E-state index contributed by atoms with van der Waals surface area (Å²) in [6, 6.07) is 0. The molecule has 0 bridgehead atoms. The van der Waals surface area contributed by atoms with Crippen LogP contribution in [-0.2, 0) is 24.1 Å². The Labute approximate surface area is 115 Å². The molecule has 112 valence electrons. The first-order chi connectivity index (χ1) is 8.64. The van der Waals surface area contributed by atoms with Crippen LogP contribution in [0.1, 0.15) is 60.3 Å². The second kappa shape index (κ2) is 7.60. The minimum absolute atomic E-state index is 0.0349. The van der Waals surface area contributed by atoms with Gasteiger partial charge in [0.25, 0.3) is 0 Å². The fourth-order valence-corrected chi connectivity index (χ4v) is 1.41. The van der Waals surface area contributed by atoms with E-state index in [0.29, 0.717) is 6.42 Å². The molecule has 0 radical (unpaired) electrons. The van der Waals surface area contributed by atoms with Crippen molar-refractivity contribution in [1.29, 1.82) is 0 Å². The molecule has 5 heteroatoms. The molecule has 0 fully saturated rings. The third-order valence-corrected chi connectivity index (χ3v) is 2.44. The van der Waals surface area contributed by atoms with Gasteiger partial charge in [-0.05, 0) is 34.1 Å². The summed E-state index contributed by atoms with van der Waals surface area (Å²) < 4.78 is 4.69. The van der Waals surface area contributed by atoms with Crippen LogP contribution in [0.15, 0.2) is 0 Å². The molecule has 0 aromatic rings. The molecule has 0 saturated carbocycles. The van der Waals surface area contributed by atoms with E-state index in [9.17, 15) is 9.59 Å². The maximum Gasteiger partial charge on any atom is 0.341 e. The van der Waals surface area contributed by atoms with Crippen LogP contribution in [0.3, 0.4) is 0 Å². The van der Waals surface area contributed by atoms with Crippen molar-refractivity contribution in [2.45, 2.75) is 71.5 Å².